The average Bonchev–Trinajstić information content (AvgIpc) is 3.22. The van der Waals surface area contributed by atoms with Gasteiger partial charge in [0.05, 0.1) is 16.4 Å². The summed E-state index contributed by atoms with van der Waals surface area (Å²) in [6.45, 7) is 3.09. The predicted octanol–water partition coefficient (Wildman–Crippen LogP) is 6.65. The first kappa shape index (κ1) is 26.8. The molecule has 0 unspecified atom stereocenters. The highest BCUT2D eigenvalue weighted by atomic mass is 35.5. The van der Waals surface area contributed by atoms with Gasteiger partial charge in [0.1, 0.15) is 22.9 Å². The standard InChI is InChI=1S/C28H25ClF4N4O2/c1-17-26(37-16-21(29)5-9-25(37)35-17)27(38)34-15-18-2-8-24(23(30)14-18)36-12-10-20(11-13-36)19-3-6-22(7-4-19)39-28(31,32)33/h2-9,14,16,20H,10-13,15H2,1H3,(H,34,38). The highest BCUT2D eigenvalue weighted by Gasteiger charge is 2.31. The molecule has 0 aliphatic carbocycles. The van der Waals surface area contributed by atoms with E-state index in [1.807, 2.05) is 4.90 Å². The lowest BCUT2D eigenvalue weighted by atomic mass is 9.89. The zero-order chi connectivity index (χ0) is 27.7. The Balaban J connectivity index is 1.18. The summed E-state index contributed by atoms with van der Waals surface area (Å²) in [4.78, 5) is 19.2. The van der Waals surface area contributed by atoms with Gasteiger partial charge >= 0.3 is 6.36 Å². The van der Waals surface area contributed by atoms with Crippen LogP contribution in [0.5, 0.6) is 5.75 Å². The topological polar surface area (TPSA) is 58.9 Å². The number of benzene rings is 2. The second kappa shape index (κ2) is 10.8. The van der Waals surface area contributed by atoms with Crippen LogP contribution in [-0.4, -0.2) is 34.7 Å². The molecule has 0 bridgehead atoms. The number of nitrogens with zero attached hydrogens (tertiary/aromatic N) is 3. The number of pyridine rings is 1. The largest absolute Gasteiger partial charge is 0.573 e. The number of hydrogen-bond acceptors (Lipinski definition) is 4. The molecule has 0 saturated carbocycles. The number of imidazole rings is 1. The number of aryl methyl sites for hydroxylation is 1. The molecule has 2 aromatic carbocycles. The summed E-state index contributed by atoms with van der Waals surface area (Å²) < 4.78 is 57.8. The second-order valence-corrected chi connectivity index (χ2v) is 9.90. The third-order valence-corrected chi connectivity index (χ3v) is 7.08. The van der Waals surface area contributed by atoms with Gasteiger partial charge in [-0.1, -0.05) is 29.8 Å². The molecule has 1 fully saturated rings. The van der Waals surface area contributed by atoms with Crippen molar-refractivity contribution in [2.24, 2.45) is 0 Å². The van der Waals surface area contributed by atoms with Crippen molar-refractivity contribution < 1.29 is 27.1 Å². The molecule has 0 spiro atoms. The van der Waals surface area contributed by atoms with Crippen LogP contribution in [0.2, 0.25) is 5.02 Å². The molecule has 1 N–H and O–H groups in total. The van der Waals surface area contributed by atoms with Crippen molar-refractivity contribution in [1.29, 1.82) is 0 Å². The lowest BCUT2D eigenvalue weighted by molar-refractivity contribution is -0.274. The Kier molecular flexibility index (Phi) is 7.40. The molecule has 3 heterocycles. The van der Waals surface area contributed by atoms with Crippen LogP contribution in [0.15, 0.2) is 60.8 Å². The SMILES string of the molecule is Cc1nc2ccc(Cl)cn2c1C(=O)NCc1ccc(N2CCC(c3ccc(OC(F)(F)F)cc3)CC2)c(F)c1. The van der Waals surface area contributed by atoms with E-state index < -0.39 is 6.36 Å². The lowest BCUT2D eigenvalue weighted by Crippen LogP contribution is -2.33. The number of rotatable bonds is 6. The molecule has 1 amide bonds. The zero-order valence-corrected chi connectivity index (χ0v) is 21.7. The van der Waals surface area contributed by atoms with Gasteiger partial charge in [-0.15, -0.1) is 13.2 Å². The summed E-state index contributed by atoms with van der Waals surface area (Å²) in [6, 6.07) is 14.3. The average molecular weight is 561 g/mol. The minimum absolute atomic E-state index is 0.138. The van der Waals surface area contributed by atoms with Crippen molar-refractivity contribution in [3.8, 4) is 5.75 Å². The quantitative estimate of drug-likeness (QED) is 0.268. The van der Waals surface area contributed by atoms with E-state index in [-0.39, 0.29) is 29.9 Å². The van der Waals surface area contributed by atoms with E-state index in [1.54, 1.807) is 53.9 Å². The number of amides is 1. The maximum absolute atomic E-state index is 15.1. The summed E-state index contributed by atoms with van der Waals surface area (Å²) >= 11 is 6.07. The summed E-state index contributed by atoms with van der Waals surface area (Å²) in [5, 5.41) is 3.30. The molecule has 6 nitrogen and oxygen atoms in total. The van der Waals surface area contributed by atoms with E-state index in [9.17, 15) is 18.0 Å². The zero-order valence-electron chi connectivity index (χ0n) is 20.9. The molecular weight excluding hydrogens is 536 g/mol. The van der Waals surface area contributed by atoms with Gasteiger partial charge in [-0.2, -0.15) is 0 Å². The minimum Gasteiger partial charge on any atom is -0.406 e. The van der Waals surface area contributed by atoms with Gasteiger partial charge in [0.2, 0.25) is 0 Å². The first-order chi connectivity index (χ1) is 18.6. The summed E-state index contributed by atoms with van der Waals surface area (Å²) in [6.07, 6.45) is -1.62. The number of carbonyl (C=O) groups excluding carboxylic acids is 1. The molecule has 39 heavy (non-hydrogen) atoms. The van der Waals surface area contributed by atoms with Crippen LogP contribution in [-0.2, 0) is 6.54 Å². The maximum Gasteiger partial charge on any atom is 0.573 e. The van der Waals surface area contributed by atoms with E-state index in [2.05, 4.69) is 15.0 Å². The van der Waals surface area contributed by atoms with E-state index in [1.165, 1.54) is 18.2 Å². The van der Waals surface area contributed by atoms with Gasteiger partial charge in [-0.25, -0.2) is 9.37 Å². The van der Waals surface area contributed by atoms with E-state index in [0.717, 1.165) is 18.4 Å². The second-order valence-electron chi connectivity index (χ2n) is 9.47. The first-order valence-corrected chi connectivity index (χ1v) is 12.8. The number of anilines is 1. The summed E-state index contributed by atoms with van der Waals surface area (Å²) in [5.41, 5.74) is 3.56. The Morgan fingerprint density at radius 1 is 1.10 bits per heavy atom. The van der Waals surface area contributed by atoms with Gasteiger partial charge in [0.25, 0.3) is 5.91 Å². The molecular formula is C28H25ClF4N4O2. The number of carbonyl (C=O) groups is 1. The fraction of sp³-hybridized carbons (Fsp3) is 0.286. The van der Waals surface area contributed by atoms with Gasteiger partial charge in [0.15, 0.2) is 0 Å². The Bertz CT molecular complexity index is 1500. The van der Waals surface area contributed by atoms with E-state index >= 15 is 4.39 Å². The van der Waals surface area contributed by atoms with Crippen molar-refractivity contribution in [2.75, 3.05) is 18.0 Å². The Hall–Kier alpha value is -3.79. The molecule has 11 heteroatoms. The van der Waals surface area contributed by atoms with Gasteiger partial charge in [-0.3, -0.25) is 9.20 Å². The molecule has 0 atom stereocenters. The van der Waals surface area contributed by atoms with Crippen molar-refractivity contribution in [3.63, 3.8) is 0 Å². The highest BCUT2D eigenvalue weighted by molar-refractivity contribution is 6.30. The summed E-state index contributed by atoms with van der Waals surface area (Å²) in [5.74, 6) is -0.810. The molecule has 2 aromatic heterocycles. The number of alkyl halides is 3. The normalized spacial score (nSPS) is 14.6. The van der Waals surface area contributed by atoms with Crippen molar-refractivity contribution >= 4 is 28.8 Å². The molecule has 1 aliphatic rings. The number of aromatic nitrogens is 2. The van der Waals surface area contributed by atoms with Crippen LogP contribution in [0.25, 0.3) is 5.65 Å². The van der Waals surface area contributed by atoms with Crippen LogP contribution in [0.3, 0.4) is 0 Å². The van der Waals surface area contributed by atoms with Crippen molar-refractivity contribution in [2.45, 2.75) is 38.6 Å². The minimum atomic E-state index is -4.72. The summed E-state index contributed by atoms with van der Waals surface area (Å²) in [7, 11) is 0. The molecule has 4 aromatic rings. The van der Waals surface area contributed by atoms with Crippen LogP contribution in [0.4, 0.5) is 23.2 Å². The Morgan fingerprint density at radius 3 is 2.49 bits per heavy atom. The number of ether oxygens (including phenoxy) is 1. The van der Waals surface area contributed by atoms with Crippen LogP contribution < -0.4 is 15.0 Å². The van der Waals surface area contributed by atoms with Crippen LogP contribution in [0.1, 0.15) is 46.1 Å². The fourth-order valence-corrected chi connectivity index (χ4v) is 5.15. The van der Waals surface area contributed by atoms with E-state index in [0.29, 0.717) is 46.4 Å². The van der Waals surface area contributed by atoms with Gasteiger partial charge in [-0.05, 0) is 73.2 Å². The van der Waals surface area contributed by atoms with Crippen molar-refractivity contribution in [3.05, 3.63) is 94.1 Å². The van der Waals surface area contributed by atoms with Gasteiger partial charge < -0.3 is 15.0 Å². The number of hydrogen-bond donors (Lipinski definition) is 1. The number of halogens is 5. The highest BCUT2D eigenvalue weighted by Crippen LogP contribution is 2.33. The monoisotopic (exact) mass is 560 g/mol. The number of piperidine rings is 1. The van der Waals surface area contributed by atoms with Gasteiger partial charge in [0, 0.05) is 25.8 Å². The number of nitrogens with one attached hydrogen (secondary N) is 1. The molecule has 1 saturated heterocycles. The maximum atomic E-state index is 15.1. The molecule has 0 radical (unpaired) electrons. The van der Waals surface area contributed by atoms with E-state index in [4.69, 9.17) is 11.6 Å². The Labute approximate surface area is 227 Å². The third-order valence-electron chi connectivity index (χ3n) is 6.86. The van der Waals surface area contributed by atoms with Crippen molar-refractivity contribution in [1.82, 2.24) is 14.7 Å². The smallest absolute Gasteiger partial charge is 0.406 e. The lowest BCUT2D eigenvalue weighted by Gasteiger charge is -2.34. The predicted molar refractivity (Wildman–Crippen MR) is 140 cm³/mol. The third kappa shape index (κ3) is 6.11. The number of fused-ring (bicyclic) bond motifs is 1. The Morgan fingerprint density at radius 2 is 1.82 bits per heavy atom. The first-order valence-electron chi connectivity index (χ1n) is 12.4. The van der Waals surface area contributed by atoms with Crippen LogP contribution >= 0.6 is 11.6 Å². The molecule has 204 valence electrons. The molecule has 1 aliphatic heterocycles. The molecule has 5 rings (SSSR count). The fourth-order valence-electron chi connectivity index (χ4n) is 4.99. The van der Waals surface area contributed by atoms with Crippen LogP contribution in [0, 0.1) is 12.7 Å².